The van der Waals surface area contributed by atoms with E-state index in [-0.39, 0.29) is 11.9 Å². The van der Waals surface area contributed by atoms with Gasteiger partial charge in [-0.05, 0) is 36.3 Å². The van der Waals surface area contributed by atoms with Crippen LogP contribution in [0.5, 0.6) is 0 Å². The average molecular weight is 389 g/mol. The first-order chi connectivity index (χ1) is 14.2. The molecule has 0 radical (unpaired) electrons. The molecule has 0 unspecified atom stereocenters. The molecule has 3 N–H and O–H groups in total. The second-order valence-electron chi connectivity index (χ2n) is 7.81. The van der Waals surface area contributed by atoms with Crippen LogP contribution >= 0.6 is 0 Å². The maximum Gasteiger partial charge on any atom is 0.242 e. The van der Waals surface area contributed by atoms with Crippen LogP contribution < -0.4 is 10.6 Å². The molecule has 1 amide bonds. The highest BCUT2D eigenvalue weighted by atomic mass is 16.2. The lowest BCUT2D eigenvalue weighted by atomic mass is 9.75. The van der Waals surface area contributed by atoms with Gasteiger partial charge in [-0.2, -0.15) is 5.10 Å². The molecule has 4 rings (SSSR count). The summed E-state index contributed by atoms with van der Waals surface area (Å²) in [7, 11) is 0. The zero-order valence-electron chi connectivity index (χ0n) is 16.8. The smallest absolute Gasteiger partial charge is 0.242 e. The Kier molecular flexibility index (Phi) is 6.06. The Morgan fingerprint density at radius 3 is 2.48 bits per heavy atom. The number of amides is 1. The standard InChI is InChI=1S/C24H28N4O/c1-2-9-21(25-20-14-19(15-20)17-10-5-3-6-11-17)24(29)26-23-16-22(27-28-23)18-12-7-4-8-13-18/h3-8,10-13,16,19-21,25H,2,9,14-15H2,1H3,(H2,26,27,28,29)/t19?,20?,21-/m0/s1. The Labute approximate surface area is 171 Å². The van der Waals surface area contributed by atoms with Gasteiger partial charge in [0.25, 0.3) is 0 Å². The Hall–Kier alpha value is -2.92. The number of carbonyl (C=O) groups excluding carboxylic acids is 1. The normalized spacial score (nSPS) is 19.3. The molecule has 1 atom stereocenters. The largest absolute Gasteiger partial charge is 0.308 e. The van der Waals surface area contributed by atoms with Crippen molar-refractivity contribution in [3.63, 3.8) is 0 Å². The maximum atomic E-state index is 12.8. The number of nitrogens with zero attached hydrogens (tertiary/aromatic N) is 1. The van der Waals surface area contributed by atoms with Crippen LogP contribution in [-0.4, -0.2) is 28.2 Å². The van der Waals surface area contributed by atoms with Gasteiger partial charge >= 0.3 is 0 Å². The van der Waals surface area contributed by atoms with Crippen LogP contribution in [0.3, 0.4) is 0 Å². The SMILES string of the molecule is CCC[C@H](NC1CC(c2ccccc2)C1)C(=O)Nc1cc(-c2ccccc2)[nH]n1. The van der Waals surface area contributed by atoms with Crippen molar-refractivity contribution in [3.05, 3.63) is 72.3 Å². The zero-order chi connectivity index (χ0) is 20.1. The fourth-order valence-electron chi connectivity index (χ4n) is 3.98. The molecule has 0 bridgehead atoms. The minimum absolute atomic E-state index is 0.0128. The topological polar surface area (TPSA) is 69.8 Å². The first-order valence-electron chi connectivity index (χ1n) is 10.5. The van der Waals surface area contributed by atoms with Crippen molar-refractivity contribution in [2.45, 2.75) is 50.6 Å². The van der Waals surface area contributed by atoms with Gasteiger partial charge in [0.1, 0.15) is 0 Å². The average Bonchev–Trinajstić information content (AvgIpc) is 3.19. The molecule has 1 saturated carbocycles. The van der Waals surface area contributed by atoms with Crippen LogP contribution in [0.25, 0.3) is 11.3 Å². The van der Waals surface area contributed by atoms with Crippen LogP contribution in [0.4, 0.5) is 5.82 Å². The summed E-state index contributed by atoms with van der Waals surface area (Å²) in [4.78, 5) is 12.8. The van der Waals surface area contributed by atoms with E-state index in [1.165, 1.54) is 5.56 Å². The van der Waals surface area contributed by atoms with Crippen LogP contribution in [0.2, 0.25) is 0 Å². The van der Waals surface area contributed by atoms with Gasteiger partial charge in [-0.15, -0.1) is 0 Å². The number of aromatic nitrogens is 2. The number of aromatic amines is 1. The number of carbonyl (C=O) groups is 1. The molecular formula is C24H28N4O. The van der Waals surface area contributed by atoms with Gasteiger partial charge in [0, 0.05) is 12.1 Å². The molecule has 1 aliphatic rings. The van der Waals surface area contributed by atoms with E-state index in [4.69, 9.17) is 0 Å². The molecule has 0 aliphatic heterocycles. The molecule has 1 aliphatic carbocycles. The van der Waals surface area contributed by atoms with Crippen molar-refractivity contribution in [2.24, 2.45) is 0 Å². The summed E-state index contributed by atoms with van der Waals surface area (Å²) in [6.45, 7) is 2.11. The molecule has 1 fully saturated rings. The number of hydrogen-bond donors (Lipinski definition) is 3. The van der Waals surface area contributed by atoms with Crippen molar-refractivity contribution in [1.82, 2.24) is 15.5 Å². The highest BCUT2D eigenvalue weighted by Gasteiger charge is 2.33. The first-order valence-corrected chi connectivity index (χ1v) is 10.5. The summed E-state index contributed by atoms with van der Waals surface area (Å²) in [6, 6.07) is 22.7. The fraction of sp³-hybridized carbons (Fsp3) is 0.333. The minimum Gasteiger partial charge on any atom is -0.308 e. The second-order valence-corrected chi connectivity index (χ2v) is 7.81. The third-order valence-electron chi connectivity index (χ3n) is 5.65. The summed E-state index contributed by atoms with van der Waals surface area (Å²) in [6.07, 6.45) is 3.93. The summed E-state index contributed by atoms with van der Waals surface area (Å²) in [5.41, 5.74) is 3.34. The summed E-state index contributed by atoms with van der Waals surface area (Å²) in [5.74, 6) is 1.15. The molecule has 5 heteroatoms. The van der Waals surface area contributed by atoms with E-state index in [1.807, 2.05) is 36.4 Å². The van der Waals surface area contributed by atoms with Gasteiger partial charge in [0.15, 0.2) is 5.82 Å². The maximum absolute atomic E-state index is 12.8. The molecule has 0 spiro atoms. The number of rotatable bonds is 8. The number of anilines is 1. The predicted octanol–water partition coefficient (Wildman–Crippen LogP) is 4.72. The summed E-state index contributed by atoms with van der Waals surface area (Å²) in [5, 5.41) is 13.8. The van der Waals surface area contributed by atoms with Crippen molar-refractivity contribution < 1.29 is 4.79 Å². The van der Waals surface area contributed by atoms with Gasteiger partial charge in [0.05, 0.1) is 11.7 Å². The Morgan fingerprint density at radius 2 is 1.79 bits per heavy atom. The highest BCUT2D eigenvalue weighted by Crippen LogP contribution is 2.37. The predicted molar refractivity (Wildman–Crippen MR) is 117 cm³/mol. The molecule has 0 saturated heterocycles. The van der Waals surface area contributed by atoms with Crippen molar-refractivity contribution in [1.29, 1.82) is 0 Å². The van der Waals surface area contributed by atoms with E-state index in [0.717, 1.165) is 36.9 Å². The molecule has 150 valence electrons. The van der Waals surface area contributed by atoms with Crippen LogP contribution in [0, 0.1) is 0 Å². The van der Waals surface area contributed by atoms with Gasteiger partial charge in [-0.1, -0.05) is 74.0 Å². The van der Waals surface area contributed by atoms with Crippen molar-refractivity contribution in [2.75, 3.05) is 5.32 Å². The third kappa shape index (κ3) is 4.74. The van der Waals surface area contributed by atoms with Crippen LogP contribution in [-0.2, 0) is 4.79 Å². The quantitative estimate of drug-likeness (QED) is 0.523. The van der Waals surface area contributed by atoms with E-state index in [2.05, 4.69) is 58.1 Å². The molecule has 1 heterocycles. The lowest BCUT2D eigenvalue weighted by molar-refractivity contribution is -0.118. The van der Waals surface area contributed by atoms with E-state index in [9.17, 15) is 4.79 Å². The number of hydrogen-bond acceptors (Lipinski definition) is 3. The van der Waals surface area contributed by atoms with Crippen molar-refractivity contribution in [3.8, 4) is 11.3 Å². The third-order valence-corrected chi connectivity index (χ3v) is 5.65. The van der Waals surface area contributed by atoms with Gasteiger partial charge < -0.3 is 10.6 Å². The zero-order valence-corrected chi connectivity index (χ0v) is 16.8. The van der Waals surface area contributed by atoms with E-state index >= 15 is 0 Å². The molecule has 3 aromatic rings. The highest BCUT2D eigenvalue weighted by molar-refractivity contribution is 5.94. The molecule has 29 heavy (non-hydrogen) atoms. The molecular weight excluding hydrogens is 360 g/mol. The minimum atomic E-state index is -0.196. The Morgan fingerprint density at radius 1 is 1.10 bits per heavy atom. The monoisotopic (exact) mass is 388 g/mol. The summed E-state index contributed by atoms with van der Waals surface area (Å²) < 4.78 is 0. The number of H-pyrrole nitrogens is 1. The van der Waals surface area contributed by atoms with Gasteiger partial charge in [-0.3, -0.25) is 9.89 Å². The molecule has 5 nitrogen and oxygen atoms in total. The lowest BCUT2D eigenvalue weighted by Crippen LogP contribution is -2.50. The Balaban J connectivity index is 1.33. The van der Waals surface area contributed by atoms with Crippen LogP contribution in [0.15, 0.2) is 66.7 Å². The molecule has 1 aromatic heterocycles. The second kappa shape index (κ2) is 9.05. The lowest BCUT2D eigenvalue weighted by Gasteiger charge is -2.38. The van der Waals surface area contributed by atoms with E-state index in [1.54, 1.807) is 0 Å². The first kappa shape index (κ1) is 19.4. The van der Waals surface area contributed by atoms with E-state index in [0.29, 0.717) is 17.8 Å². The number of nitrogens with one attached hydrogen (secondary N) is 3. The van der Waals surface area contributed by atoms with Crippen molar-refractivity contribution >= 4 is 11.7 Å². The Bertz CT molecular complexity index is 916. The van der Waals surface area contributed by atoms with E-state index < -0.39 is 0 Å². The van der Waals surface area contributed by atoms with Crippen LogP contribution in [0.1, 0.15) is 44.1 Å². The summed E-state index contributed by atoms with van der Waals surface area (Å²) >= 11 is 0. The van der Waals surface area contributed by atoms with Gasteiger partial charge in [0.2, 0.25) is 5.91 Å². The number of benzene rings is 2. The van der Waals surface area contributed by atoms with Gasteiger partial charge in [-0.25, -0.2) is 0 Å². The fourth-order valence-corrected chi connectivity index (χ4v) is 3.98. The molecule has 2 aromatic carbocycles.